The Morgan fingerprint density at radius 1 is 1.33 bits per heavy atom. The van der Waals surface area contributed by atoms with Crippen LogP contribution in [0.5, 0.6) is 0 Å². The maximum absolute atomic E-state index is 13.0. The molecular formula is C21H27N3O3. The van der Waals surface area contributed by atoms with Crippen molar-refractivity contribution >= 4 is 5.91 Å². The molecule has 0 unspecified atom stereocenters. The monoisotopic (exact) mass is 369 g/mol. The number of nitrogens with one attached hydrogen (secondary N) is 1. The molecule has 1 aliphatic heterocycles. The molecule has 144 valence electrons. The van der Waals surface area contributed by atoms with E-state index < -0.39 is 5.56 Å². The van der Waals surface area contributed by atoms with Crippen LogP contribution < -0.4 is 5.56 Å². The molecular weight excluding hydrogens is 342 g/mol. The standard InChI is InChI=1S/C21H27N3O3/c1-5-24(16-10-11-27-21(3,4)12-16)20(26)17-13-22-18(23-19(17)25)15-8-6-14(2)7-9-15/h6-9,13,16H,5,10-12H2,1-4H3,(H,22,23,25)/t16-/m1/s1. The number of ether oxygens (including phenoxy) is 1. The molecule has 1 aliphatic rings. The van der Waals surface area contributed by atoms with Crippen LogP contribution in [0.1, 0.15) is 49.5 Å². The van der Waals surface area contributed by atoms with Gasteiger partial charge in [-0.3, -0.25) is 9.59 Å². The lowest BCUT2D eigenvalue weighted by Gasteiger charge is -2.40. The highest BCUT2D eigenvalue weighted by molar-refractivity contribution is 5.94. The first-order valence-electron chi connectivity index (χ1n) is 9.42. The van der Waals surface area contributed by atoms with Gasteiger partial charge in [0.15, 0.2) is 0 Å². The van der Waals surface area contributed by atoms with Gasteiger partial charge in [0.05, 0.1) is 5.60 Å². The Labute approximate surface area is 159 Å². The third-order valence-electron chi connectivity index (χ3n) is 5.07. The Bertz CT molecular complexity index is 871. The van der Waals surface area contributed by atoms with Gasteiger partial charge in [-0.25, -0.2) is 4.98 Å². The molecule has 6 heteroatoms. The molecule has 0 saturated carbocycles. The number of aryl methyl sites for hydroxylation is 1. The van der Waals surface area contributed by atoms with Crippen molar-refractivity contribution in [1.82, 2.24) is 14.9 Å². The maximum Gasteiger partial charge on any atom is 0.264 e. The Morgan fingerprint density at radius 3 is 2.63 bits per heavy atom. The summed E-state index contributed by atoms with van der Waals surface area (Å²) in [5.41, 5.74) is 1.35. The van der Waals surface area contributed by atoms with Gasteiger partial charge < -0.3 is 14.6 Å². The van der Waals surface area contributed by atoms with E-state index in [0.29, 0.717) is 19.0 Å². The highest BCUT2D eigenvalue weighted by atomic mass is 16.5. The Balaban J connectivity index is 1.85. The Hall–Kier alpha value is -2.47. The SMILES string of the molecule is CCN(C(=O)c1cnc(-c2ccc(C)cc2)[nH]c1=O)[C@@H]1CCOC(C)(C)C1. The van der Waals surface area contributed by atoms with Crippen LogP contribution in [0.3, 0.4) is 0 Å². The summed E-state index contributed by atoms with van der Waals surface area (Å²) >= 11 is 0. The summed E-state index contributed by atoms with van der Waals surface area (Å²) in [7, 11) is 0. The fraction of sp³-hybridized carbons (Fsp3) is 0.476. The van der Waals surface area contributed by atoms with E-state index >= 15 is 0 Å². The second-order valence-corrected chi connectivity index (χ2v) is 7.69. The predicted octanol–water partition coefficient (Wildman–Crippen LogP) is 3.17. The summed E-state index contributed by atoms with van der Waals surface area (Å²) in [5.74, 6) is 0.191. The molecule has 1 aromatic carbocycles. The molecule has 6 nitrogen and oxygen atoms in total. The van der Waals surface area contributed by atoms with Gasteiger partial charge >= 0.3 is 0 Å². The van der Waals surface area contributed by atoms with Gasteiger partial charge in [-0.05, 0) is 40.5 Å². The molecule has 1 aromatic heterocycles. The van der Waals surface area contributed by atoms with Gasteiger partial charge in [0, 0.05) is 31.0 Å². The summed E-state index contributed by atoms with van der Waals surface area (Å²) in [6.07, 6.45) is 2.92. The number of nitrogens with zero attached hydrogens (tertiary/aromatic N) is 2. The summed E-state index contributed by atoms with van der Waals surface area (Å²) in [6.45, 7) is 9.15. The van der Waals surface area contributed by atoms with Gasteiger partial charge in [0.25, 0.3) is 11.5 Å². The molecule has 3 rings (SSSR count). The van der Waals surface area contributed by atoms with E-state index in [1.165, 1.54) is 6.20 Å². The molecule has 1 amide bonds. The zero-order valence-electron chi connectivity index (χ0n) is 16.4. The van der Waals surface area contributed by atoms with E-state index in [4.69, 9.17) is 4.74 Å². The first kappa shape index (κ1) is 19.3. The first-order chi connectivity index (χ1) is 12.8. The van der Waals surface area contributed by atoms with Crippen molar-refractivity contribution in [3.8, 4) is 11.4 Å². The van der Waals surface area contributed by atoms with Crippen molar-refractivity contribution in [2.45, 2.75) is 52.2 Å². The molecule has 0 radical (unpaired) electrons. The molecule has 2 heterocycles. The number of amides is 1. The summed E-state index contributed by atoms with van der Waals surface area (Å²) in [5, 5.41) is 0. The lowest BCUT2D eigenvalue weighted by molar-refractivity contribution is -0.0777. The fourth-order valence-electron chi connectivity index (χ4n) is 3.59. The van der Waals surface area contributed by atoms with Crippen LogP contribution in [0.15, 0.2) is 35.3 Å². The van der Waals surface area contributed by atoms with Gasteiger partial charge in [-0.2, -0.15) is 0 Å². The van der Waals surface area contributed by atoms with Crippen LogP contribution in [-0.4, -0.2) is 45.6 Å². The van der Waals surface area contributed by atoms with Crippen molar-refractivity contribution in [1.29, 1.82) is 0 Å². The predicted molar refractivity (Wildman–Crippen MR) is 105 cm³/mol. The molecule has 1 N–H and O–H groups in total. The quantitative estimate of drug-likeness (QED) is 0.898. The number of aromatic nitrogens is 2. The molecule has 0 aliphatic carbocycles. The Morgan fingerprint density at radius 2 is 2.04 bits per heavy atom. The van der Waals surface area contributed by atoms with Crippen LogP contribution in [0.2, 0.25) is 0 Å². The summed E-state index contributed by atoms with van der Waals surface area (Å²) < 4.78 is 5.75. The maximum atomic E-state index is 13.0. The van der Waals surface area contributed by atoms with E-state index in [1.54, 1.807) is 4.90 Å². The first-order valence-corrected chi connectivity index (χ1v) is 9.42. The van der Waals surface area contributed by atoms with E-state index in [0.717, 1.165) is 24.0 Å². The highest BCUT2D eigenvalue weighted by Gasteiger charge is 2.34. The molecule has 1 atom stereocenters. The largest absolute Gasteiger partial charge is 0.375 e. The van der Waals surface area contributed by atoms with Crippen LogP contribution >= 0.6 is 0 Å². The molecule has 0 spiro atoms. The number of H-pyrrole nitrogens is 1. The third kappa shape index (κ3) is 4.27. The van der Waals surface area contributed by atoms with Gasteiger partial charge in [-0.15, -0.1) is 0 Å². The molecule has 1 saturated heterocycles. The highest BCUT2D eigenvalue weighted by Crippen LogP contribution is 2.28. The van der Waals surface area contributed by atoms with Crippen molar-refractivity contribution in [2.24, 2.45) is 0 Å². The van der Waals surface area contributed by atoms with Crippen LogP contribution in [0, 0.1) is 6.92 Å². The number of carbonyl (C=O) groups excluding carboxylic acids is 1. The van der Waals surface area contributed by atoms with Crippen LogP contribution in [0.25, 0.3) is 11.4 Å². The number of rotatable bonds is 4. The van der Waals surface area contributed by atoms with Crippen molar-refractivity contribution in [3.05, 3.63) is 51.9 Å². The second-order valence-electron chi connectivity index (χ2n) is 7.69. The van der Waals surface area contributed by atoms with E-state index in [2.05, 4.69) is 9.97 Å². The van der Waals surface area contributed by atoms with Crippen molar-refractivity contribution in [2.75, 3.05) is 13.2 Å². The van der Waals surface area contributed by atoms with Crippen LogP contribution in [-0.2, 0) is 4.74 Å². The minimum Gasteiger partial charge on any atom is -0.375 e. The van der Waals surface area contributed by atoms with E-state index in [1.807, 2.05) is 52.0 Å². The van der Waals surface area contributed by atoms with Gasteiger partial charge in [0.1, 0.15) is 11.4 Å². The normalized spacial score (nSPS) is 18.9. The number of benzene rings is 1. The Kier molecular flexibility index (Phi) is 5.46. The fourth-order valence-corrected chi connectivity index (χ4v) is 3.59. The zero-order chi connectivity index (χ0) is 19.6. The number of aromatic amines is 1. The topological polar surface area (TPSA) is 75.3 Å². The van der Waals surface area contributed by atoms with E-state index in [9.17, 15) is 9.59 Å². The summed E-state index contributed by atoms with van der Waals surface area (Å²) in [4.78, 5) is 34.5. The minimum atomic E-state index is -0.407. The number of hydrogen-bond acceptors (Lipinski definition) is 4. The van der Waals surface area contributed by atoms with Crippen molar-refractivity contribution in [3.63, 3.8) is 0 Å². The van der Waals surface area contributed by atoms with Gasteiger partial charge in [0.2, 0.25) is 0 Å². The molecule has 0 bridgehead atoms. The third-order valence-corrected chi connectivity index (χ3v) is 5.07. The number of carbonyl (C=O) groups is 1. The van der Waals surface area contributed by atoms with Crippen molar-refractivity contribution < 1.29 is 9.53 Å². The molecule has 1 fully saturated rings. The minimum absolute atomic E-state index is 0.0578. The lowest BCUT2D eigenvalue weighted by Crippen LogP contribution is -2.49. The van der Waals surface area contributed by atoms with E-state index in [-0.39, 0.29) is 23.1 Å². The van der Waals surface area contributed by atoms with Crippen LogP contribution in [0.4, 0.5) is 0 Å². The van der Waals surface area contributed by atoms with Gasteiger partial charge in [-0.1, -0.05) is 29.8 Å². The zero-order valence-corrected chi connectivity index (χ0v) is 16.4. The molecule has 27 heavy (non-hydrogen) atoms. The molecule has 2 aromatic rings. The summed E-state index contributed by atoms with van der Waals surface area (Å²) in [6, 6.07) is 7.78. The smallest absolute Gasteiger partial charge is 0.264 e. The number of hydrogen-bond donors (Lipinski definition) is 1. The average Bonchev–Trinajstić information content (AvgIpc) is 2.62. The lowest BCUT2D eigenvalue weighted by atomic mass is 9.92. The second kappa shape index (κ2) is 7.64. The average molecular weight is 369 g/mol.